The van der Waals surface area contributed by atoms with Crippen LogP contribution in [-0.4, -0.2) is 50.8 Å². The van der Waals surface area contributed by atoms with Gasteiger partial charge < -0.3 is 15.0 Å². The summed E-state index contributed by atoms with van der Waals surface area (Å²) in [4.78, 5) is 31.2. The molecule has 1 saturated carbocycles. The molecule has 0 radical (unpaired) electrons. The molecule has 0 unspecified atom stereocenters. The molecule has 2 atom stereocenters. The SMILES string of the molecule is Cc1nonc1CNC(=O)[C@H]1OCC(=O)N(C2CC2)[C@@H]1c1cccnc1. The van der Waals surface area contributed by atoms with E-state index in [1.165, 1.54) is 0 Å². The lowest BCUT2D eigenvalue weighted by molar-refractivity contribution is -0.165. The van der Waals surface area contributed by atoms with Crippen LogP contribution in [0.1, 0.15) is 35.8 Å². The zero-order valence-corrected chi connectivity index (χ0v) is 14.3. The number of hydrogen-bond acceptors (Lipinski definition) is 7. The summed E-state index contributed by atoms with van der Waals surface area (Å²) in [7, 11) is 0. The maximum Gasteiger partial charge on any atom is 0.252 e. The summed E-state index contributed by atoms with van der Waals surface area (Å²) in [6.45, 7) is 1.84. The van der Waals surface area contributed by atoms with Crippen molar-refractivity contribution in [2.24, 2.45) is 0 Å². The number of morpholine rings is 1. The topological polar surface area (TPSA) is 110 Å². The van der Waals surface area contributed by atoms with E-state index in [1.54, 1.807) is 30.3 Å². The first kappa shape index (κ1) is 16.6. The fraction of sp³-hybridized carbons (Fsp3) is 0.471. The van der Waals surface area contributed by atoms with Crippen LogP contribution in [0.5, 0.6) is 0 Å². The number of nitrogens with one attached hydrogen (secondary N) is 1. The van der Waals surface area contributed by atoms with Crippen LogP contribution in [0.2, 0.25) is 0 Å². The zero-order valence-electron chi connectivity index (χ0n) is 14.3. The highest BCUT2D eigenvalue weighted by Crippen LogP contribution is 2.39. The van der Waals surface area contributed by atoms with E-state index in [-0.39, 0.29) is 31.0 Å². The molecule has 4 rings (SSSR count). The number of ether oxygens (including phenoxy) is 1. The highest BCUT2D eigenvalue weighted by molar-refractivity contribution is 5.86. The number of amides is 2. The van der Waals surface area contributed by atoms with Crippen molar-refractivity contribution in [3.05, 3.63) is 41.5 Å². The van der Waals surface area contributed by atoms with Crippen molar-refractivity contribution >= 4 is 11.8 Å². The second-order valence-electron chi connectivity index (χ2n) is 6.51. The fourth-order valence-electron chi connectivity index (χ4n) is 3.20. The Morgan fingerprint density at radius 2 is 2.23 bits per heavy atom. The quantitative estimate of drug-likeness (QED) is 0.830. The minimum Gasteiger partial charge on any atom is -0.356 e. The number of hydrogen-bond donors (Lipinski definition) is 1. The van der Waals surface area contributed by atoms with E-state index in [1.807, 2.05) is 6.07 Å². The number of carbonyl (C=O) groups excluding carboxylic acids is 2. The highest BCUT2D eigenvalue weighted by atomic mass is 16.6. The molecule has 1 aliphatic carbocycles. The predicted octanol–water partition coefficient (Wildman–Crippen LogP) is 0.520. The third-order valence-electron chi connectivity index (χ3n) is 4.66. The lowest BCUT2D eigenvalue weighted by Crippen LogP contribution is -2.55. The van der Waals surface area contributed by atoms with Gasteiger partial charge in [0.15, 0.2) is 6.10 Å². The molecule has 0 spiro atoms. The molecule has 1 saturated heterocycles. The van der Waals surface area contributed by atoms with Crippen LogP contribution in [0.3, 0.4) is 0 Å². The molecule has 2 aromatic rings. The Labute approximate surface area is 149 Å². The number of aromatic nitrogens is 3. The number of nitrogens with zero attached hydrogens (tertiary/aromatic N) is 4. The number of pyridine rings is 1. The minimum atomic E-state index is -0.808. The molecule has 0 bridgehead atoms. The summed E-state index contributed by atoms with van der Waals surface area (Å²) in [5.41, 5.74) is 1.96. The van der Waals surface area contributed by atoms with E-state index < -0.39 is 12.1 Å². The van der Waals surface area contributed by atoms with Gasteiger partial charge in [0.1, 0.15) is 18.0 Å². The lowest BCUT2D eigenvalue weighted by Gasteiger charge is -2.40. The summed E-state index contributed by atoms with van der Waals surface area (Å²) in [6.07, 6.45) is 4.42. The van der Waals surface area contributed by atoms with Crippen LogP contribution < -0.4 is 5.32 Å². The van der Waals surface area contributed by atoms with Gasteiger partial charge in [-0.1, -0.05) is 16.4 Å². The molecule has 0 aromatic carbocycles. The van der Waals surface area contributed by atoms with E-state index in [9.17, 15) is 9.59 Å². The molecule has 2 amide bonds. The molecule has 2 fully saturated rings. The molecule has 3 heterocycles. The molecule has 26 heavy (non-hydrogen) atoms. The van der Waals surface area contributed by atoms with Gasteiger partial charge in [0.25, 0.3) is 5.91 Å². The van der Waals surface area contributed by atoms with Crippen molar-refractivity contribution in [3.8, 4) is 0 Å². The van der Waals surface area contributed by atoms with Gasteiger partial charge in [-0.15, -0.1) is 0 Å². The molecule has 136 valence electrons. The second kappa shape index (κ2) is 6.83. The normalized spacial score (nSPS) is 23.1. The van der Waals surface area contributed by atoms with Gasteiger partial charge in [-0.05, 0) is 31.4 Å². The standard InChI is InChI=1S/C17H19N5O4/c1-10-13(21-26-20-10)8-19-17(24)16-15(11-3-2-6-18-7-11)22(12-4-5-12)14(23)9-25-16/h2-3,6-7,12,15-16H,4-5,8-9H2,1H3,(H,19,24)/t15-,16+/m1/s1. The molecular weight excluding hydrogens is 338 g/mol. The average Bonchev–Trinajstić information content (AvgIpc) is 3.41. The van der Waals surface area contributed by atoms with Crippen molar-refractivity contribution in [3.63, 3.8) is 0 Å². The first-order chi connectivity index (χ1) is 12.6. The van der Waals surface area contributed by atoms with E-state index in [0.29, 0.717) is 11.4 Å². The summed E-state index contributed by atoms with van der Waals surface area (Å²) in [6, 6.07) is 3.32. The van der Waals surface area contributed by atoms with Crippen LogP contribution >= 0.6 is 0 Å². The van der Waals surface area contributed by atoms with Gasteiger partial charge in [-0.3, -0.25) is 14.6 Å². The Hall–Kier alpha value is -2.81. The summed E-state index contributed by atoms with van der Waals surface area (Å²) in [5, 5.41) is 10.3. The zero-order chi connectivity index (χ0) is 18.1. The Balaban J connectivity index is 1.57. The maximum absolute atomic E-state index is 12.8. The largest absolute Gasteiger partial charge is 0.356 e. The van der Waals surface area contributed by atoms with Gasteiger partial charge in [0.05, 0.1) is 12.6 Å². The molecule has 2 aliphatic rings. The van der Waals surface area contributed by atoms with E-state index in [4.69, 9.17) is 4.74 Å². The second-order valence-corrected chi connectivity index (χ2v) is 6.51. The molecule has 2 aromatic heterocycles. The molecule has 9 nitrogen and oxygen atoms in total. The molecule has 9 heteroatoms. The number of carbonyl (C=O) groups is 2. The predicted molar refractivity (Wildman–Crippen MR) is 87.5 cm³/mol. The highest BCUT2D eigenvalue weighted by Gasteiger charge is 2.47. The monoisotopic (exact) mass is 357 g/mol. The van der Waals surface area contributed by atoms with Gasteiger partial charge in [-0.2, -0.15) is 0 Å². The Morgan fingerprint density at radius 1 is 1.38 bits per heavy atom. The van der Waals surface area contributed by atoms with Crippen LogP contribution in [0.4, 0.5) is 0 Å². The Morgan fingerprint density at radius 3 is 2.88 bits per heavy atom. The van der Waals surface area contributed by atoms with E-state index >= 15 is 0 Å². The molecule has 1 N–H and O–H groups in total. The van der Waals surface area contributed by atoms with Crippen molar-refractivity contribution in [2.75, 3.05) is 6.61 Å². The van der Waals surface area contributed by atoms with Crippen LogP contribution in [0, 0.1) is 6.92 Å². The van der Waals surface area contributed by atoms with Crippen LogP contribution in [0.15, 0.2) is 29.2 Å². The van der Waals surface area contributed by atoms with E-state index in [2.05, 4.69) is 25.2 Å². The van der Waals surface area contributed by atoms with Crippen molar-refractivity contribution in [1.29, 1.82) is 0 Å². The summed E-state index contributed by atoms with van der Waals surface area (Å²) < 4.78 is 10.3. The smallest absolute Gasteiger partial charge is 0.252 e. The Bertz CT molecular complexity index is 804. The van der Waals surface area contributed by atoms with Crippen LogP contribution in [0.25, 0.3) is 0 Å². The molecule has 1 aliphatic heterocycles. The summed E-state index contributed by atoms with van der Waals surface area (Å²) >= 11 is 0. The Kier molecular flexibility index (Phi) is 4.37. The lowest BCUT2D eigenvalue weighted by atomic mass is 9.98. The van der Waals surface area contributed by atoms with Crippen molar-refractivity contribution in [1.82, 2.24) is 25.5 Å². The minimum absolute atomic E-state index is 0.0954. The fourth-order valence-corrected chi connectivity index (χ4v) is 3.20. The third-order valence-corrected chi connectivity index (χ3v) is 4.66. The third kappa shape index (κ3) is 3.17. The first-order valence-corrected chi connectivity index (χ1v) is 8.53. The maximum atomic E-state index is 12.8. The van der Waals surface area contributed by atoms with E-state index in [0.717, 1.165) is 18.4 Å². The van der Waals surface area contributed by atoms with Gasteiger partial charge in [-0.25, -0.2) is 4.63 Å². The van der Waals surface area contributed by atoms with Crippen molar-refractivity contribution in [2.45, 2.75) is 44.5 Å². The van der Waals surface area contributed by atoms with Crippen molar-refractivity contribution < 1.29 is 19.0 Å². The van der Waals surface area contributed by atoms with Gasteiger partial charge in [0, 0.05) is 18.4 Å². The first-order valence-electron chi connectivity index (χ1n) is 8.53. The summed E-state index contributed by atoms with van der Waals surface area (Å²) in [5.74, 6) is -0.402. The van der Waals surface area contributed by atoms with Gasteiger partial charge in [0.2, 0.25) is 5.91 Å². The number of rotatable bonds is 5. The molecular formula is C17H19N5O4. The van der Waals surface area contributed by atoms with Gasteiger partial charge >= 0.3 is 0 Å². The average molecular weight is 357 g/mol. The number of aryl methyl sites for hydroxylation is 1. The van der Waals surface area contributed by atoms with Crippen LogP contribution in [-0.2, 0) is 20.9 Å².